The summed E-state index contributed by atoms with van der Waals surface area (Å²) in [6.07, 6.45) is 6.73. The summed E-state index contributed by atoms with van der Waals surface area (Å²) in [5.41, 5.74) is 0. The summed E-state index contributed by atoms with van der Waals surface area (Å²) >= 11 is 4.91. The lowest BCUT2D eigenvalue weighted by Gasteiger charge is -2.32. The summed E-state index contributed by atoms with van der Waals surface area (Å²) < 4.78 is 0. The maximum atomic E-state index is 4.91. The zero-order valence-corrected chi connectivity index (χ0v) is 15.3. The van der Waals surface area contributed by atoms with Crippen molar-refractivity contribution >= 4 is 12.6 Å². The molecule has 0 aromatic heterocycles. The molecule has 0 amide bonds. The van der Waals surface area contributed by atoms with Gasteiger partial charge in [-0.15, -0.1) is 0 Å². The molecule has 0 heterocycles. The predicted octanol–water partition coefficient (Wildman–Crippen LogP) is 6.46. The lowest BCUT2D eigenvalue weighted by atomic mass is 9.76. The first-order chi connectivity index (χ1) is 8.83. The second-order valence-corrected chi connectivity index (χ2v) is 7.92. The highest BCUT2D eigenvalue weighted by molar-refractivity contribution is 7.81. The largest absolute Gasteiger partial charge is 0.176 e. The van der Waals surface area contributed by atoms with Crippen LogP contribution in [-0.2, 0) is 0 Å². The molecule has 0 rings (SSSR count). The van der Waals surface area contributed by atoms with E-state index in [1.807, 2.05) is 0 Å². The van der Waals surface area contributed by atoms with E-state index in [4.69, 9.17) is 12.6 Å². The van der Waals surface area contributed by atoms with Crippen molar-refractivity contribution in [3.63, 3.8) is 0 Å². The molecule has 116 valence electrons. The highest BCUT2D eigenvalue weighted by Crippen LogP contribution is 2.34. The Morgan fingerprint density at radius 2 is 1.42 bits per heavy atom. The van der Waals surface area contributed by atoms with Gasteiger partial charge in [-0.05, 0) is 42.4 Å². The van der Waals surface area contributed by atoms with Gasteiger partial charge in [0.15, 0.2) is 0 Å². The molecule has 0 saturated carbocycles. The van der Waals surface area contributed by atoms with Gasteiger partial charge >= 0.3 is 0 Å². The van der Waals surface area contributed by atoms with E-state index in [0.29, 0.717) is 5.25 Å². The summed E-state index contributed by atoms with van der Waals surface area (Å²) in [6.45, 7) is 16.4. The molecule has 0 spiro atoms. The molecule has 1 heteroatoms. The van der Waals surface area contributed by atoms with Crippen molar-refractivity contribution in [2.75, 3.05) is 0 Å². The van der Waals surface area contributed by atoms with E-state index >= 15 is 0 Å². The Bertz CT molecular complexity index is 210. The minimum absolute atomic E-state index is 0.566. The number of thiol groups is 1. The van der Waals surface area contributed by atoms with Gasteiger partial charge in [-0.25, -0.2) is 0 Å². The standard InChI is InChI=1S/C18H38S/c1-8-10-17(11-13(3)4)16(9-2)12-18(19)15(7)14(5)6/h13-19H,8-12H2,1-7H3. The summed E-state index contributed by atoms with van der Waals surface area (Å²) in [4.78, 5) is 0. The molecular formula is C18H38S. The second-order valence-electron chi connectivity index (χ2n) is 7.25. The van der Waals surface area contributed by atoms with E-state index in [-0.39, 0.29) is 0 Å². The van der Waals surface area contributed by atoms with Crippen LogP contribution in [-0.4, -0.2) is 5.25 Å². The molecule has 0 aliphatic rings. The third kappa shape index (κ3) is 7.63. The maximum absolute atomic E-state index is 4.91. The molecule has 4 atom stereocenters. The molecule has 0 radical (unpaired) electrons. The Morgan fingerprint density at radius 3 is 1.79 bits per heavy atom. The van der Waals surface area contributed by atoms with Gasteiger partial charge in [0.25, 0.3) is 0 Å². The van der Waals surface area contributed by atoms with Gasteiger partial charge in [0.2, 0.25) is 0 Å². The lowest BCUT2D eigenvalue weighted by Crippen LogP contribution is -2.25. The average Bonchev–Trinajstić information content (AvgIpc) is 2.33. The van der Waals surface area contributed by atoms with Gasteiger partial charge in [-0.2, -0.15) is 12.6 Å². The van der Waals surface area contributed by atoms with Crippen LogP contribution in [0.1, 0.15) is 80.6 Å². The molecule has 0 fully saturated rings. The maximum Gasteiger partial charge on any atom is 0.00476 e. The smallest absolute Gasteiger partial charge is 0.00476 e. The van der Waals surface area contributed by atoms with E-state index in [0.717, 1.165) is 29.6 Å². The third-order valence-electron chi connectivity index (χ3n) is 4.83. The first kappa shape index (κ1) is 19.4. The molecule has 0 saturated heterocycles. The van der Waals surface area contributed by atoms with Gasteiger partial charge in [-0.1, -0.05) is 67.7 Å². The van der Waals surface area contributed by atoms with E-state index in [2.05, 4.69) is 48.5 Å². The molecule has 0 aromatic carbocycles. The normalized spacial score (nSPS) is 18.6. The van der Waals surface area contributed by atoms with Crippen molar-refractivity contribution in [3.05, 3.63) is 0 Å². The van der Waals surface area contributed by atoms with Crippen LogP contribution in [0.25, 0.3) is 0 Å². The molecule has 4 unspecified atom stereocenters. The van der Waals surface area contributed by atoms with Crippen LogP contribution in [0.15, 0.2) is 0 Å². The van der Waals surface area contributed by atoms with Crippen LogP contribution in [0.2, 0.25) is 0 Å². The van der Waals surface area contributed by atoms with Crippen LogP contribution in [0.4, 0.5) is 0 Å². The van der Waals surface area contributed by atoms with Crippen LogP contribution in [0, 0.1) is 29.6 Å². The second kappa shape index (κ2) is 10.1. The number of hydrogen-bond donors (Lipinski definition) is 1. The van der Waals surface area contributed by atoms with E-state index in [9.17, 15) is 0 Å². The zero-order chi connectivity index (χ0) is 15.0. The average molecular weight is 287 g/mol. The summed E-state index contributed by atoms with van der Waals surface area (Å²) in [5.74, 6) is 4.06. The van der Waals surface area contributed by atoms with Crippen molar-refractivity contribution in [1.82, 2.24) is 0 Å². The van der Waals surface area contributed by atoms with Crippen molar-refractivity contribution < 1.29 is 0 Å². The van der Waals surface area contributed by atoms with E-state index in [1.165, 1.54) is 32.1 Å². The molecule has 0 aliphatic carbocycles. The molecule has 0 bridgehead atoms. The third-order valence-corrected chi connectivity index (χ3v) is 5.51. The highest BCUT2D eigenvalue weighted by atomic mass is 32.1. The fraction of sp³-hybridized carbons (Fsp3) is 1.00. The Hall–Kier alpha value is 0.350. The Labute approximate surface area is 128 Å². The Kier molecular flexibility index (Phi) is 10.3. The minimum Gasteiger partial charge on any atom is -0.176 e. The first-order valence-electron chi connectivity index (χ1n) is 8.51. The molecule has 0 aromatic rings. The van der Waals surface area contributed by atoms with Crippen LogP contribution >= 0.6 is 12.6 Å². The van der Waals surface area contributed by atoms with Gasteiger partial charge in [0.1, 0.15) is 0 Å². The van der Waals surface area contributed by atoms with Crippen molar-refractivity contribution in [2.24, 2.45) is 29.6 Å². The number of hydrogen-bond acceptors (Lipinski definition) is 1. The fourth-order valence-electron chi connectivity index (χ4n) is 3.18. The van der Waals surface area contributed by atoms with Gasteiger partial charge < -0.3 is 0 Å². The fourth-order valence-corrected chi connectivity index (χ4v) is 3.80. The molecule has 0 aliphatic heterocycles. The Balaban J connectivity index is 4.57. The topological polar surface area (TPSA) is 0 Å². The van der Waals surface area contributed by atoms with Crippen molar-refractivity contribution in [2.45, 2.75) is 85.8 Å². The predicted molar refractivity (Wildman–Crippen MR) is 93.0 cm³/mol. The quantitative estimate of drug-likeness (QED) is 0.438. The van der Waals surface area contributed by atoms with Crippen molar-refractivity contribution in [3.8, 4) is 0 Å². The first-order valence-corrected chi connectivity index (χ1v) is 9.03. The van der Waals surface area contributed by atoms with Gasteiger partial charge in [-0.3, -0.25) is 0 Å². The SMILES string of the molecule is CCCC(CC(C)C)C(CC)CC(S)C(C)C(C)C. The lowest BCUT2D eigenvalue weighted by molar-refractivity contribution is 0.226. The van der Waals surface area contributed by atoms with Crippen LogP contribution in [0.5, 0.6) is 0 Å². The van der Waals surface area contributed by atoms with Crippen LogP contribution < -0.4 is 0 Å². The van der Waals surface area contributed by atoms with E-state index < -0.39 is 0 Å². The van der Waals surface area contributed by atoms with Gasteiger partial charge in [0.05, 0.1) is 0 Å². The monoisotopic (exact) mass is 286 g/mol. The van der Waals surface area contributed by atoms with Gasteiger partial charge in [0, 0.05) is 5.25 Å². The van der Waals surface area contributed by atoms with E-state index in [1.54, 1.807) is 0 Å². The van der Waals surface area contributed by atoms with Crippen LogP contribution in [0.3, 0.4) is 0 Å². The zero-order valence-electron chi connectivity index (χ0n) is 14.4. The molecule has 0 N–H and O–H groups in total. The molecule has 19 heavy (non-hydrogen) atoms. The Morgan fingerprint density at radius 1 is 0.842 bits per heavy atom. The molecule has 0 nitrogen and oxygen atoms in total. The summed E-state index contributed by atoms with van der Waals surface area (Å²) in [7, 11) is 0. The highest BCUT2D eigenvalue weighted by Gasteiger charge is 2.25. The minimum atomic E-state index is 0.566. The number of rotatable bonds is 10. The van der Waals surface area contributed by atoms with Crippen molar-refractivity contribution in [1.29, 1.82) is 0 Å². The summed E-state index contributed by atoms with van der Waals surface area (Å²) in [5, 5.41) is 0.566. The molecular weight excluding hydrogens is 248 g/mol. The summed E-state index contributed by atoms with van der Waals surface area (Å²) in [6, 6.07) is 0.